The fraction of sp³-hybridized carbons (Fsp3) is 0.250. The van der Waals surface area contributed by atoms with Gasteiger partial charge in [-0.2, -0.15) is 8.42 Å². The second kappa shape index (κ2) is 4.06. The molecule has 0 radical (unpaired) electrons. The first-order valence-corrected chi connectivity index (χ1v) is 5.99. The van der Waals surface area contributed by atoms with E-state index in [1.54, 1.807) is 0 Å². The Balaban J connectivity index is 3.16. The lowest BCUT2D eigenvalue weighted by Gasteiger charge is -2.08. The largest absolute Gasteiger partial charge is 0.285 e. The van der Waals surface area contributed by atoms with Gasteiger partial charge in [-0.05, 0) is 24.6 Å². The molecule has 3 nitrogen and oxygen atoms in total. The van der Waals surface area contributed by atoms with E-state index in [1.807, 2.05) is 0 Å². The van der Waals surface area contributed by atoms with Gasteiger partial charge in [-0.3, -0.25) is 4.55 Å². The summed E-state index contributed by atoms with van der Waals surface area (Å²) in [5, 5.41) is -0.394. The molecule has 1 aromatic carbocycles. The third-order valence-electron chi connectivity index (χ3n) is 1.86. The molecule has 78 valence electrons. The molecule has 0 bridgehead atoms. The van der Waals surface area contributed by atoms with Crippen LogP contribution < -0.4 is 0 Å². The van der Waals surface area contributed by atoms with Crippen molar-refractivity contribution in [2.45, 2.75) is 12.2 Å². The predicted molar refractivity (Wildman–Crippen MR) is 56.4 cm³/mol. The molecular weight excluding hydrogens is 247 g/mol. The zero-order valence-electron chi connectivity index (χ0n) is 7.24. The van der Waals surface area contributed by atoms with E-state index in [-0.39, 0.29) is 5.02 Å². The van der Waals surface area contributed by atoms with Gasteiger partial charge in [0.15, 0.2) is 0 Å². The number of halogens is 2. The SMILES string of the molecule is CC(c1ccc(Cl)c(Cl)c1)S(=O)(=O)O. The van der Waals surface area contributed by atoms with Crippen LogP contribution in [0.5, 0.6) is 0 Å². The molecule has 0 aliphatic rings. The van der Waals surface area contributed by atoms with Crippen LogP contribution in [0.15, 0.2) is 18.2 Å². The maximum absolute atomic E-state index is 10.8. The smallest absolute Gasteiger partial charge is 0.271 e. The molecule has 1 aromatic rings. The highest BCUT2D eigenvalue weighted by atomic mass is 35.5. The van der Waals surface area contributed by atoms with E-state index in [9.17, 15) is 8.42 Å². The van der Waals surface area contributed by atoms with Gasteiger partial charge < -0.3 is 0 Å². The molecule has 14 heavy (non-hydrogen) atoms. The molecule has 0 fully saturated rings. The molecule has 6 heteroatoms. The van der Waals surface area contributed by atoms with Crippen molar-refractivity contribution in [2.24, 2.45) is 0 Å². The Kier molecular flexibility index (Phi) is 3.42. The summed E-state index contributed by atoms with van der Waals surface area (Å²) in [5.74, 6) is 0. The van der Waals surface area contributed by atoms with Crippen molar-refractivity contribution in [1.82, 2.24) is 0 Å². The molecule has 0 saturated carbocycles. The minimum atomic E-state index is -4.09. The van der Waals surface area contributed by atoms with Crippen LogP contribution >= 0.6 is 23.2 Å². The summed E-state index contributed by atoms with van der Waals surface area (Å²) in [6.07, 6.45) is 0. The summed E-state index contributed by atoms with van der Waals surface area (Å²) in [7, 11) is -4.09. The summed E-state index contributed by atoms with van der Waals surface area (Å²) < 4.78 is 30.4. The minimum Gasteiger partial charge on any atom is -0.285 e. The monoisotopic (exact) mass is 254 g/mol. The Labute approximate surface area is 92.4 Å². The van der Waals surface area contributed by atoms with Crippen LogP contribution in [-0.4, -0.2) is 13.0 Å². The van der Waals surface area contributed by atoms with E-state index in [4.69, 9.17) is 27.8 Å². The first-order valence-electron chi connectivity index (χ1n) is 3.73. The maximum atomic E-state index is 10.8. The first-order chi connectivity index (χ1) is 6.32. The summed E-state index contributed by atoms with van der Waals surface area (Å²) in [6.45, 7) is 1.37. The van der Waals surface area contributed by atoms with Gasteiger partial charge in [-0.1, -0.05) is 29.3 Å². The second-order valence-corrected chi connectivity index (χ2v) is 5.38. The molecule has 1 atom stereocenters. The van der Waals surface area contributed by atoms with Crippen molar-refractivity contribution in [3.63, 3.8) is 0 Å². The molecule has 0 spiro atoms. The van der Waals surface area contributed by atoms with Crippen LogP contribution in [-0.2, 0) is 10.1 Å². The van der Waals surface area contributed by atoms with Gasteiger partial charge in [0.2, 0.25) is 0 Å². The highest BCUT2D eigenvalue weighted by Crippen LogP contribution is 2.28. The van der Waals surface area contributed by atoms with Crippen LogP contribution in [0.4, 0.5) is 0 Å². The van der Waals surface area contributed by atoms with Gasteiger partial charge in [0.05, 0.1) is 10.0 Å². The molecule has 1 rings (SSSR count). The van der Waals surface area contributed by atoms with Crippen LogP contribution in [0.2, 0.25) is 10.0 Å². The Bertz CT molecular complexity index is 442. The number of hydrogen-bond acceptors (Lipinski definition) is 2. The Morgan fingerprint density at radius 3 is 2.29 bits per heavy atom. The number of rotatable bonds is 2. The molecule has 0 saturated heterocycles. The second-order valence-electron chi connectivity index (χ2n) is 2.83. The lowest BCUT2D eigenvalue weighted by Crippen LogP contribution is -2.08. The standard InChI is InChI=1S/C8H8Cl2O3S/c1-5(14(11,12)13)6-2-3-7(9)8(10)4-6/h2-5H,1H3,(H,11,12,13). The van der Waals surface area contributed by atoms with E-state index < -0.39 is 15.4 Å². The van der Waals surface area contributed by atoms with Crippen LogP contribution in [0, 0.1) is 0 Å². The van der Waals surface area contributed by atoms with Crippen molar-refractivity contribution in [2.75, 3.05) is 0 Å². The third-order valence-corrected chi connectivity index (χ3v) is 3.76. The fourth-order valence-corrected chi connectivity index (χ4v) is 1.73. The summed E-state index contributed by atoms with van der Waals surface area (Å²) in [6, 6.07) is 4.41. The fourth-order valence-electron chi connectivity index (χ4n) is 0.937. The zero-order chi connectivity index (χ0) is 10.9. The lowest BCUT2D eigenvalue weighted by atomic mass is 10.2. The maximum Gasteiger partial charge on any atom is 0.271 e. The molecule has 0 heterocycles. The van der Waals surface area contributed by atoms with E-state index in [1.165, 1.54) is 25.1 Å². The van der Waals surface area contributed by atoms with Gasteiger partial charge in [0.1, 0.15) is 5.25 Å². The van der Waals surface area contributed by atoms with Gasteiger partial charge >= 0.3 is 0 Å². The normalized spacial score (nSPS) is 14.0. The average Bonchev–Trinajstić information content (AvgIpc) is 2.07. The van der Waals surface area contributed by atoms with E-state index in [0.717, 1.165) is 0 Å². The molecule has 0 aromatic heterocycles. The molecule has 0 aliphatic heterocycles. The Morgan fingerprint density at radius 1 is 1.29 bits per heavy atom. The van der Waals surface area contributed by atoms with Crippen molar-refractivity contribution in [3.05, 3.63) is 33.8 Å². The zero-order valence-corrected chi connectivity index (χ0v) is 9.57. The highest BCUT2D eigenvalue weighted by Gasteiger charge is 2.19. The Morgan fingerprint density at radius 2 is 1.86 bits per heavy atom. The number of hydrogen-bond donors (Lipinski definition) is 1. The van der Waals surface area contributed by atoms with Gasteiger partial charge in [0.25, 0.3) is 10.1 Å². The molecule has 0 aliphatic carbocycles. The van der Waals surface area contributed by atoms with Crippen LogP contribution in [0.1, 0.15) is 17.7 Å². The molecule has 0 amide bonds. The van der Waals surface area contributed by atoms with Gasteiger partial charge in [-0.15, -0.1) is 0 Å². The quantitative estimate of drug-likeness (QED) is 0.826. The topological polar surface area (TPSA) is 54.4 Å². The van der Waals surface area contributed by atoms with E-state index in [0.29, 0.717) is 10.6 Å². The van der Waals surface area contributed by atoms with Crippen LogP contribution in [0.3, 0.4) is 0 Å². The average molecular weight is 255 g/mol. The molecule has 1 unspecified atom stereocenters. The highest BCUT2D eigenvalue weighted by molar-refractivity contribution is 7.86. The van der Waals surface area contributed by atoms with Crippen molar-refractivity contribution in [3.8, 4) is 0 Å². The summed E-state index contributed by atoms with van der Waals surface area (Å²) >= 11 is 11.4. The van der Waals surface area contributed by atoms with E-state index in [2.05, 4.69) is 0 Å². The van der Waals surface area contributed by atoms with E-state index >= 15 is 0 Å². The summed E-state index contributed by atoms with van der Waals surface area (Å²) in [5.41, 5.74) is 0.405. The van der Waals surface area contributed by atoms with Crippen molar-refractivity contribution < 1.29 is 13.0 Å². The van der Waals surface area contributed by atoms with Crippen molar-refractivity contribution in [1.29, 1.82) is 0 Å². The lowest BCUT2D eigenvalue weighted by molar-refractivity contribution is 0.472. The van der Waals surface area contributed by atoms with Gasteiger partial charge in [-0.25, -0.2) is 0 Å². The van der Waals surface area contributed by atoms with Crippen molar-refractivity contribution >= 4 is 33.3 Å². The van der Waals surface area contributed by atoms with Gasteiger partial charge in [0, 0.05) is 0 Å². The van der Waals surface area contributed by atoms with Crippen LogP contribution in [0.25, 0.3) is 0 Å². The third kappa shape index (κ3) is 2.60. The first kappa shape index (κ1) is 11.8. The minimum absolute atomic E-state index is 0.264. The molecule has 1 N–H and O–H groups in total. The molecular formula is C8H8Cl2O3S. The Hall–Kier alpha value is -0.290. The number of benzene rings is 1. The summed E-state index contributed by atoms with van der Waals surface area (Å²) in [4.78, 5) is 0. The predicted octanol–water partition coefficient (Wildman–Crippen LogP) is 2.94.